The van der Waals surface area contributed by atoms with Crippen LogP contribution in [-0.2, 0) is 9.59 Å². The first kappa shape index (κ1) is 17.7. The number of ketones is 1. The van der Waals surface area contributed by atoms with Crippen LogP contribution < -0.4 is 5.32 Å². The van der Waals surface area contributed by atoms with Crippen molar-refractivity contribution in [1.82, 2.24) is 15.1 Å². The zero-order valence-electron chi connectivity index (χ0n) is 13.3. The van der Waals surface area contributed by atoms with E-state index in [4.69, 9.17) is 4.42 Å². The molecule has 1 N–H and O–H groups in total. The lowest BCUT2D eigenvalue weighted by Gasteiger charge is -2.17. The van der Waals surface area contributed by atoms with Gasteiger partial charge < -0.3 is 14.6 Å². The number of nitrogens with one attached hydrogen (secondary N) is 1. The summed E-state index contributed by atoms with van der Waals surface area (Å²) in [5.41, 5.74) is 0. The molecule has 2 rings (SSSR count). The second-order valence-electron chi connectivity index (χ2n) is 5.03. The summed E-state index contributed by atoms with van der Waals surface area (Å²) in [5, 5.41) is 9.84. The van der Waals surface area contributed by atoms with E-state index >= 15 is 0 Å². The Balaban J connectivity index is 2.04. The first-order chi connectivity index (χ1) is 11.4. The average Bonchev–Trinajstić information content (AvgIpc) is 3.07. The number of rotatable bonds is 6. The number of furan rings is 1. The van der Waals surface area contributed by atoms with Crippen molar-refractivity contribution < 1.29 is 18.8 Å². The van der Waals surface area contributed by atoms with Gasteiger partial charge in [-0.2, -0.15) is 0 Å². The summed E-state index contributed by atoms with van der Waals surface area (Å²) in [5.74, 6) is -0.637. The number of anilines is 1. The molecule has 0 fully saturated rings. The molecule has 0 aliphatic heterocycles. The summed E-state index contributed by atoms with van der Waals surface area (Å²) < 4.78 is 4.97. The predicted molar refractivity (Wildman–Crippen MR) is 87.7 cm³/mol. The van der Waals surface area contributed by atoms with E-state index in [-0.39, 0.29) is 23.3 Å². The Hall–Kier alpha value is -2.68. The normalized spacial score (nSPS) is 11.6. The second-order valence-corrected chi connectivity index (χ2v) is 6.15. The Kier molecular flexibility index (Phi) is 5.69. The Morgan fingerprint density at radius 2 is 1.96 bits per heavy atom. The number of nitrogens with zero attached hydrogens (tertiary/aromatic N) is 3. The lowest BCUT2D eigenvalue weighted by molar-refractivity contribution is -0.132. The molecule has 0 saturated heterocycles. The molecular formula is C15H16N4O4S. The first-order valence-electron chi connectivity index (χ1n) is 6.95. The molecule has 0 bridgehead atoms. The highest BCUT2D eigenvalue weighted by Crippen LogP contribution is 2.23. The van der Waals surface area contributed by atoms with Crippen LogP contribution >= 0.6 is 11.8 Å². The molecule has 2 amide bonds. The third-order valence-corrected chi connectivity index (χ3v) is 4.13. The number of hydrogen-bond acceptors (Lipinski definition) is 7. The van der Waals surface area contributed by atoms with Gasteiger partial charge in [0.2, 0.25) is 5.91 Å². The number of hydrogen-bond donors (Lipinski definition) is 1. The van der Waals surface area contributed by atoms with Crippen molar-refractivity contribution in [1.29, 1.82) is 0 Å². The molecule has 1 unspecified atom stereocenters. The van der Waals surface area contributed by atoms with Crippen LogP contribution in [-0.4, -0.2) is 52.0 Å². The molecule has 0 aliphatic rings. The molecule has 0 spiro atoms. The van der Waals surface area contributed by atoms with Crippen molar-refractivity contribution in [3.63, 3.8) is 0 Å². The lowest BCUT2D eigenvalue weighted by atomic mass is 10.3. The summed E-state index contributed by atoms with van der Waals surface area (Å²) in [6, 6.07) is 6.24. The minimum absolute atomic E-state index is 0.156. The lowest BCUT2D eigenvalue weighted by Crippen LogP contribution is -2.35. The Morgan fingerprint density at radius 1 is 1.21 bits per heavy atom. The SMILES string of the molecule is CC(=O)C(Sc1ccc(NC(=O)c2ccco2)nn1)C(=O)N(C)C. The van der Waals surface area contributed by atoms with Crippen LogP contribution in [0.25, 0.3) is 0 Å². The summed E-state index contributed by atoms with van der Waals surface area (Å²) in [6.07, 6.45) is 1.39. The molecule has 0 saturated carbocycles. The predicted octanol–water partition coefficient (Wildman–Crippen LogP) is 1.46. The molecule has 2 aromatic heterocycles. The van der Waals surface area contributed by atoms with E-state index in [9.17, 15) is 14.4 Å². The Labute approximate surface area is 142 Å². The van der Waals surface area contributed by atoms with Gasteiger partial charge in [0.25, 0.3) is 5.91 Å². The fourth-order valence-electron chi connectivity index (χ4n) is 1.70. The number of carbonyl (C=O) groups is 3. The number of amides is 2. The van der Waals surface area contributed by atoms with Gasteiger partial charge in [-0.3, -0.25) is 14.4 Å². The van der Waals surface area contributed by atoms with E-state index in [1.165, 1.54) is 30.2 Å². The van der Waals surface area contributed by atoms with Crippen LogP contribution in [0, 0.1) is 0 Å². The smallest absolute Gasteiger partial charge is 0.292 e. The van der Waals surface area contributed by atoms with Crippen molar-refractivity contribution >= 4 is 35.2 Å². The van der Waals surface area contributed by atoms with E-state index in [0.717, 1.165) is 11.8 Å². The zero-order valence-corrected chi connectivity index (χ0v) is 14.2. The quantitative estimate of drug-likeness (QED) is 0.622. The number of aromatic nitrogens is 2. The monoisotopic (exact) mass is 348 g/mol. The molecular weight excluding hydrogens is 332 g/mol. The molecule has 9 heteroatoms. The van der Waals surface area contributed by atoms with Gasteiger partial charge in [-0.1, -0.05) is 11.8 Å². The van der Waals surface area contributed by atoms with Crippen LogP contribution in [0.2, 0.25) is 0 Å². The minimum Gasteiger partial charge on any atom is -0.459 e. The maximum atomic E-state index is 12.0. The highest BCUT2D eigenvalue weighted by Gasteiger charge is 2.26. The molecule has 0 aliphatic carbocycles. The molecule has 2 heterocycles. The maximum absolute atomic E-state index is 12.0. The Bertz CT molecular complexity index is 728. The summed E-state index contributed by atoms with van der Waals surface area (Å²) in [4.78, 5) is 36.8. The summed E-state index contributed by atoms with van der Waals surface area (Å²) >= 11 is 1.01. The zero-order chi connectivity index (χ0) is 17.7. The molecule has 0 radical (unpaired) electrons. The van der Waals surface area contributed by atoms with Crippen molar-refractivity contribution in [3.8, 4) is 0 Å². The fraction of sp³-hybridized carbons (Fsp3) is 0.267. The van der Waals surface area contributed by atoms with Crippen molar-refractivity contribution in [2.24, 2.45) is 0 Å². The Morgan fingerprint density at radius 3 is 2.46 bits per heavy atom. The maximum Gasteiger partial charge on any atom is 0.292 e. The molecule has 2 aromatic rings. The van der Waals surface area contributed by atoms with Crippen LogP contribution in [0.15, 0.2) is 40.0 Å². The largest absolute Gasteiger partial charge is 0.459 e. The third-order valence-electron chi connectivity index (χ3n) is 2.90. The number of Topliss-reactive ketones (excluding diaryl/α,β-unsaturated/α-hetero) is 1. The molecule has 1 atom stereocenters. The van der Waals surface area contributed by atoms with Crippen molar-refractivity contribution in [2.45, 2.75) is 17.2 Å². The standard InChI is InChI=1S/C15H16N4O4S/c1-9(20)13(15(22)19(2)3)24-12-7-6-11(17-18-12)16-14(21)10-5-4-8-23-10/h4-8,13H,1-3H3,(H,16,17,21). The van der Waals surface area contributed by atoms with Gasteiger partial charge in [0, 0.05) is 14.1 Å². The van der Waals surface area contributed by atoms with E-state index in [1.54, 1.807) is 26.2 Å². The van der Waals surface area contributed by atoms with E-state index in [0.29, 0.717) is 5.03 Å². The van der Waals surface area contributed by atoms with Gasteiger partial charge in [-0.05, 0) is 31.2 Å². The number of carbonyl (C=O) groups excluding carboxylic acids is 3. The van der Waals surface area contributed by atoms with E-state index in [2.05, 4.69) is 15.5 Å². The summed E-state index contributed by atoms with van der Waals surface area (Å²) in [7, 11) is 3.16. The van der Waals surface area contributed by atoms with E-state index in [1.807, 2.05) is 0 Å². The fourth-order valence-corrected chi connectivity index (χ4v) is 2.65. The summed E-state index contributed by atoms with van der Waals surface area (Å²) in [6.45, 7) is 1.35. The molecule has 0 aromatic carbocycles. The van der Waals surface area contributed by atoms with Gasteiger partial charge in [0.15, 0.2) is 17.4 Å². The van der Waals surface area contributed by atoms with Crippen LogP contribution in [0.1, 0.15) is 17.5 Å². The van der Waals surface area contributed by atoms with Gasteiger partial charge in [-0.25, -0.2) is 0 Å². The topological polar surface area (TPSA) is 105 Å². The number of thioether (sulfide) groups is 1. The van der Waals surface area contributed by atoms with Gasteiger partial charge >= 0.3 is 0 Å². The van der Waals surface area contributed by atoms with E-state index < -0.39 is 11.2 Å². The third kappa shape index (κ3) is 4.42. The van der Waals surface area contributed by atoms with Crippen LogP contribution in [0.3, 0.4) is 0 Å². The average molecular weight is 348 g/mol. The highest BCUT2D eigenvalue weighted by molar-refractivity contribution is 8.01. The van der Waals surface area contributed by atoms with Crippen molar-refractivity contribution in [2.75, 3.05) is 19.4 Å². The highest BCUT2D eigenvalue weighted by atomic mass is 32.2. The molecule has 24 heavy (non-hydrogen) atoms. The first-order valence-corrected chi connectivity index (χ1v) is 7.83. The molecule has 126 valence electrons. The van der Waals surface area contributed by atoms with Gasteiger partial charge in [-0.15, -0.1) is 10.2 Å². The second kappa shape index (κ2) is 7.73. The minimum atomic E-state index is -0.877. The van der Waals surface area contributed by atoms with Gasteiger partial charge in [0.1, 0.15) is 10.3 Å². The van der Waals surface area contributed by atoms with Gasteiger partial charge in [0.05, 0.1) is 6.26 Å². The van der Waals surface area contributed by atoms with Crippen LogP contribution in [0.5, 0.6) is 0 Å². The molecule has 8 nitrogen and oxygen atoms in total. The van der Waals surface area contributed by atoms with Crippen LogP contribution in [0.4, 0.5) is 5.82 Å². The van der Waals surface area contributed by atoms with Crippen molar-refractivity contribution in [3.05, 3.63) is 36.3 Å².